The first-order chi connectivity index (χ1) is 17.0. The van der Waals surface area contributed by atoms with Gasteiger partial charge < -0.3 is 19.8 Å². The van der Waals surface area contributed by atoms with E-state index < -0.39 is 36.1 Å². The minimum Gasteiger partial charge on any atom is -0.459 e. The van der Waals surface area contributed by atoms with Gasteiger partial charge in [0.05, 0.1) is 18.9 Å². The Kier molecular flexibility index (Phi) is 7.89. The Balaban J connectivity index is 1.62. The molecular formula is C26H26FN3O5. The van der Waals surface area contributed by atoms with Crippen LogP contribution < -0.4 is 15.5 Å². The molecule has 0 aliphatic carbocycles. The number of carbonyl (C=O) groups excluding carboxylic acids is 3. The maximum atomic E-state index is 13.7. The van der Waals surface area contributed by atoms with Crippen LogP contribution >= 0.6 is 0 Å². The molecule has 3 amide bonds. The van der Waals surface area contributed by atoms with Crippen molar-refractivity contribution >= 4 is 23.4 Å². The maximum Gasteiger partial charge on any atom is 0.287 e. The van der Waals surface area contributed by atoms with Crippen LogP contribution in [0.3, 0.4) is 0 Å². The third kappa shape index (κ3) is 6.13. The van der Waals surface area contributed by atoms with Crippen LogP contribution in [0.2, 0.25) is 0 Å². The van der Waals surface area contributed by atoms with Crippen molar-refractivity contribution < 1.29 is 27.9 Å². The second kappa shape index (κ2) is 11.4. The van der Waals surface area contributed by atoms with Crippen molar-refractivity contribution in [1.29, 1.82) is 0 Å². The van der Waals surface area contributed by atoms with Crippen molar-refractivity contribution in [3.05, 3.63) is 90.1 Å². The van der Waals surface area contributed by atoms with Crippen LogP contribution in [0.5, 0.6) is 0 Å². The van der Waals surface area contributed by atoms with Gasteiger partial charge in [-0.2, -0.15) is 0 Å². The lowest BCUT2D eigenvalue weighted by Crippen LogP contribution is -2.48. The van der Waals surface area contributed by atoms with E-state index in [4.69, 9.17) is 9.15 Å². The average molecular weight is 480 g/mol. The van der Waals surface area contributed by atoms with Gasteiger partial charge in [0.2, 0.25) is 11.8 Å². The Morgan fingerprint density at radius 3 is 2.43 bits per heavy atom. The summed E-state index contributed by atoms with van der Waals surface area (Å²) in [7, 11) is 0. The molecule has 2 heterocycles. The molecule has 2 atom stereocenters. The number of benzene rings is 2. The number of furan rings is 1. The molecule has 1 aromatic heterocycles. The summed E-state index contributed by atoms with van der Waals surface area (Å²) in [6.45, 7) is 0.556. The van der Waals surface area contributed by atoms with Gasteiger partial charge in [-0.25, -0.2) is 4.39 Å². The van der Waals surface area contributed by atoms with Crippen molar-refractivity contribution in [2.75, 3.05) is 24.6 Å². The van der Waals surface area contributed by atoms with Gasteiger partial charge in [-0.3, -0.25) is 19.3 Å². The standard InChI is InChI=1S/C26H26FN3O5/c27-19-10-12-20(13-11-19)30(23(31)17-29-25(32)22-9-5-15-35-22)24(18-6-2-1-3-7-18)26(33)28-16-21-8-4-14-34-21/h1-3,5-7,9-13,15,21,24H,4,8,14,16-17H2,(H,28,33)(H,29,32)/t21-,24-/m0/s1. The smallest absolute Gasteiger partial charge is 0.287 e. The fourth-order valence-electron chi connectivity index (χ4n) is 3.94. The summed E-state index contributed by atoms with van der Waals surface area (Å²) < 4.78 is 24.3. The molecule has 3 aromatic rings. The number of anilines is 1. The van der Waals surface area contributed by atoms with Gasteiger partial charge in [0, 0.05) is 18.8 Å². The number of nitrogens with one attached hydrogen (secondary N) is 2. The fourth-order valence-corrected chi connectivity index (χ4v) is 3.94. The molecule has 1 aliphatic rings. The minimum absolute atomic E-state index is 0.0556. The van der Waals surface area contributed by atoms with Crippen LogP contribution in [0.4, 0.5) is 10.1 Å². The third-order valence-electron chi connectivity index (χ3n) is 5.67. The molecule has 0 spiro atoms. The molecule has 0 bridgehead atoms. The molecule has 1 saturated heterocycles. The number of hydrogen-bond donors (Lipinski definition) is 2. The predicted octanol–water partition coefficient (Wildman–Crippen LogP) is 3.22. The molecule has 4 rings (SSSR count). The van der Waals surface area contributed by atoms with Crippen LogP contribution in [-0.4, -0.2) is 43.5 Å². The quantitative estimate of drug-likeness (QED) is 0.491. The number of carbonyl (C=O) groups is 3. The minimum atomic E-state index is -1.06. The second-order valence-corrected chi connectivity index (χ2v) is 8.09. The number of ether oxygens (including phenoxy) is 1. The maximum absolute atomic E-state index is 13.7. The van der Waals surface area contributed by atoms with Gasteiger partial charge >= 0.3 is 0 Å². The van der Waals surface area contributed by atoms with E-state index in [9.17, 15) is 18.8 Å². The Bertz CT molecular complexity index is 1130. The molecular weight excluding hydrogens is 453 g/mol. The molecule has 0 radical (unpaired) electrons. The van der Waals surface area contributed by atoms with E-state index in [1.54, 1.807) is 36.4 Å². The van der Waals surface area contributed by atoms with Crippen LogP contribution in [0.15, 0.2) is 77.4 Å². The molecule has 1 aliphatic heterocycles. The summed E-state index contributed by atoms with van der Waals surface area (Å²) in [6, 6.07) is 16.1. The summed E-state index contributed by atoms with van der Waals surface area (Å²) in [4.78, 5) is 40.5. The highest BCUT2D eigenvalue weighted by atomic mass is 19.1. The molecule has 2 N–H and O–H groups in total. The zero-order valence-corrected chi connectivity index (χ0v) is 19.0. The molecule has 0 saturated carbocycles. The Labute approximate surface area is 202 Å². The van der Waals surface area contributed by atoms with Gasteiger partial charge in [-0.1, -0.05) is 30.3 Å². The summed E-state index contributed by atoms with van der Waals surface area (Å²) >= 11 is 0. The van der Waals surface area contributed by atoms with E-state index in [0.29, 0.717) is 24.4 Å². The Hall–Kier alpha value is -3.98. The van der Waals surface area contributed by atoms with Gasteiger partial charge in [0.1, 0.15) is 11.9 Å². The van der Waals surface area contributed by atoms with Crippen LogP contribution in [-0.2, 0) is 14.3 Å². The van der Waals surface area contributed by atoms with E-state index in [2.05, 4.69) is 10.6 Å². The van der Waals surface area contributed by atoms with E-state index in [-0.39, 0.29) is 11.9 Å². The molecule has 182 valence electrons. The average Bonchev–Trinajstić information content (AvgIpc) is 3.60. The molecule has 35 heavy (non-hydrogen) atoms. The summed E-state index contributed by atoms with van der Waals surface area (Å²) in [5, 5.41) is 5.41. The van der Waals surface area contributed by atoms with Gasteiger partial charge in [-0.05, 0) is 54.8 Å². The van der Waals surface area contributed by atoms with E-state index in [1.165, 1.54) is 41.5 Å². The van der Waals surface area contributed by atoms with Crippen molar-refractivity contribution in [3.63, 3.8) is 0 Å². The van der Waals surface area contributed by atoms with Gasteiger partial charge in [0.15, 0.2) is 5.76 Å². The fraction of sp³-hybridized carbons (Fsp3) is 0.269. The first-order valence-corrected chi connectivity index (χ1v) is 11.4. The zero-order chi connectivity index (χ0) is 24.6. The largest absolute Gasteiger partial charge is 0.459 e. The number of halogens is 1. The normalized spacial score (nSPS) is 15.9. The third-order valence-corrected chi connectivity index (χ3v) is 5.67. The lowest BCUT2D eigenvalue weighted by atomic mass is 10.0. The first-order valence-electron chi connectivity index (χ1n) is 11.4. The lowest BCUT2D eigenvalue weighted by Gasteiger charge is -2.32. The van der Waals surface area contributed by atoms with E-state index in [1.807, 2.05) is 0 Å². The van der Waals surface area contributed by atoms with Gasteiger partial charge in [0.25, 0.3) is 5.91 Å². The molecule has 0 unspecified atom stereocenters. The SMILES string of the molecule is O=C(NCC(=O)N(c1ccc(F)cc1)[C@H](C(=O)NC[C@@H]1CCCO1)c1ccccc1)c1ccco1. The second-order valence-electron chi connectivity index (χ2n) is 8.09. The van der Waals surface area contributed by atoms with Crippen molar-refractivity contribution in [3.8, 4) is 0 Å². The number of rotatable bonds is 9. The first kappa shape index (κ1) is 24.2. The zero-order valence-electron chi connectivity index (χ0n) is 19.0. The monoisotopic (exact) mass is 479 g/mol. The summed E-state index contributed by atoms with van der Waals surface area (Å²) in [6.07, 6.45) is 3.04. The summed E-state index contributed by atoms with van der Waals surface area (Å²) in [5.74, 6) is -1.97. The Morgan fingerprint density at radius 1 is 1.00 bits per heavy atom. The highest BCUT2D eigenvalue weighted by Gasteiger charge is 2.33. The topological polar surface area (TPSA) is 101 Å². The lowest BCUT2D eigenvalue weighted by molar-refractivity contribution is -0.126. The van der Waals surface area contributed by atoms with E-state index >= 15 is 0 Å². The van der Waals surface area contributed by atoms with Crippen LogP contribution in [0.25, 0.3) is 0 Å². The number of hydrogen-bond acceptors (Lipinski definition) is 5. The molecule has 2 aromatic carbocycles. The van der Waals surface area contributed by atoms with Crippen LogP contribution in [0.1, 0.15) is 35.0 Å². The predicted molar refractivity (Wildman–Crippen MR) is 126 cm³/mol. The molecule has 8 nitrogen and oxygen atoms in total. The highest BCUT2D eigenvalue weighted by Crippen LogP contribution is 2.28. The van der Waals surface area contributed by atoms with Crippen molar-refractivity contribution in [1.82, 2.24) is 10.6 Å². The van der Waals surface area contributed by atoms with E-state index in [0.717, 1.165) is 12.8 Å². The molecule has 1 fully saturated rings. The van der Waals surface area contributed by atoms with Crippen molar-refractivity contribution in [2.24, 2.45) is 0 Å². The summed E-state index contributed by atoms with van der Waals surface area (Å²) in [5.41, 5.74) is 0.872. The number of amides is 3. The number of nitrogens with zero attached hydrogens (tertiary/aromatic N) is 1. The highest BCUT2D eigenvalue weighted by molar-refractivity contribution is 6.04. The van der Waals surface area contributed by atoms with Crippen molar-refractivity contribution in [2.45, 2.75) is 25.0 Å². The van der Waals surface area contributed by atoms with Crippen LogP contribution in [0, 0.1) is 5.82 Å². The van der Waals surface area contributed by atoms with Gasteiger partial charge in [-0.15, -0.1) is 0 Å². The molecule has 9 heteroatoms. The Morgan fingerprint density at radius 2 is 1.77 bits per heavy atom.